The van der Waals surface area contributed by atoms with Gasteiger partial charge in [0.25, 0.3) is 0 Å². The zero-order valence-corrected chi connectivity index (χ0v) is 22.7. The number of nitrogens with zero attached hydrogens (tertiary/aromatic N) is 4. The van der Waals surface area contributed by atoms with E-state index >= 15 is 0 Å². The number of hydrogen-bond donors (Lipinski definition) is 0. The highest BCUT2D eigenvalue weighted by Crippen LogP contribution is 2.34. The molecule has 180 valence electrons. The minimum Gasteiger partial charge on any atom is -0.369 e. The van der Waals surface area contributed by atoms with E-state index in [0.717, 1.165) is 58.5 Å². The fourth-order valence-electron chi connectivity index (χ4n) is 4.74. The van der Waals surface area contributed by atoms with Gasteiger partial charge >= 0.3 is 0 Å². The number of para-hydroxylation sites is 1. The van der Waals surface area contributed by atoms with Crippen LogP contribution < -0.4 is 4.90 Å². The van der Waals surface area contributed by atoms with Crippen LogP contribution in [0.3, 0.4) is 0 Å². The lowest BCUT2D eigenvalue weighted by molar-refractivity contribution is -0.133. The van der Waals surface area contributed by atoms with E-state index in [1.165, 1.54) is 5.69 Å². The largest absolute Gasteiger partial charge is 0.369 e. The molecule has 7 heteroatoms. The molecular formula is C28H28Br2N4O. The highest BCUT2D eigenvalue weighted by atomic mass is 79.9. The van der Waals surface area contributed by atoms with Crippen molar-refractivity contribution in [3.63, 3.8) is 0 Å². The first-order chi connectivity index (χ1) is 17.1. The van der Waals surface area contributed by atoms with Crippen LogP contribution >= 0.6 is 31.9 Å². The molecule has 0 bridgehead atoms. The molecular weight excluding hydrogens is 568 g/mol. The molecule has 5 nitrogen and oxygen atoms in total. The van der Waals surface area contributed by atoms with E-state index < -0.39 is 0 Å². The third kappa shape index (κ3) is 5.85. The van der Waals surface area contributed by atoms with Gasteiger partial charge in [0.05, 0.1) is 11.8 Å². The zero-order valence-electron chi connectivity index (χ0n) is 19.5. The maximum atomic E-state index is 13.4. The first kappa shape index (κ1) is 24.2. The molecule has 2 heterocycles. The van der Waals surface area contributed by atoms with Gasteiger partial charge in [-0.15, -0.1) is 0 Å². The Morgan fingerprint density at radius 1 is 0.829 bits per heavy atom. The van der Waals surface area contributed by atoms with E-state index in [4.69, 9.17) is 5.10 Å². The summed E-state index contributed by atoms with van der Waals surface area (Å²) in [6.45, 7) is 4.65. The zero-order chi connectivity index (χ0) is 24.2. The number of hydrazone groups is 1. The minimum absolute atomic E-state index is 0.0792. The molecule has 3 aromatic rings. The maximum absolute atomic E-state index is 13.4. The van der Waals surface area contributed by atoms with E-state index in [-0.39, 0.29) is 11.9 Å². The molecule has 0 unspecified atom stereocenters. The third-order valence-electron chi connectivity index (χ3n) is 6.73. The molecule has 0 N–H and O–H groups in total. The van der Waals surface area contributed by atoms with Crippen LogP contribution in [0.2, 0.25) is 0 Å². The van der Waals surface area contributed by atoms with E-state index in [1.807, 2.05) is 24.3 Å². The second kappa shape index (κ2) is 11.1. The topological polar surface area (TPSA) is 39.2 Å². The summed E-state index contributed by atoms with van der Waals surface area (Å²) in [5.74, 6) is 0.0792. The van der Waals surface area contributed by atoms with Crippen molar-refractivity contribution >= 4 is 49.2 Å². The summed E-state index contributed by atoms with van der Waals surface area (Å²) in [4.78, 5) is 18.2. The highest BCUT2D eigenvalue weighted by Gasteiger charge is 2.33. The minimum atomic E-state index is -0.0795. The number of rotatable bonds is 6. The Hall–Kier alpha value is -2.48. The van der Waals surface area contributed by atoms with Crippen molar-refractivity contribution in [1.82, 2.24) is 9.91 Å². The standard InChI is InChI=1S/C28H28Br2N4O/c29-23-10-6-21(7-11-23)26-20-27(22-8-12-24(30)13-9-22)34(31-26)28(35)14-15-32-16-18-33(19-17-32)25-4-2-1-3-5-25/h1-13,27H,14-20H2/t27-/m0/s1. The predicted molar refractivity (Wildman–Crippen MR) is 149 cm³/mol. The van der Waals surface area contributed by atoms with Crippen LogP contribution in [0.25, 0.3) is 0 Å². The number of carbonyl (C=O) groups is 1. The van der Waals surface area contributed by atoms with Gasteiger partial charge in [0, 0.05) is 60.2 Å². The van der Waals surface area contributed by atoms with Gasteiger partial charge in [-0.3, -0.25) is 9.69 Å². The molecule has 3 aromatic carbocycles. The average molecular weight is 596 g/mol. The molecule has 1 amide bonds. The lowest BCUT2D eigenvalue weighted by Gasteiger charge is -2.36. The summed E-state index contributed by atoms with van der Waals surface area (Å²) in [5, 5.41) is 6.55. The molecule has 2 aliphatic heterocycles. The van der Waals surface area contributed by atoms with Crippen molar-refractivity contribution in [2.45, 2.75) is 18.9 Å². The Labute approximate surface area is 223 Å². The Morgan fingerprint density at radius 2 is 1.46 bits per heavy atom. The summed E-state index contributed by atoms with van der Waals surface area (Å²) >= 11 is 7.02. The van der Waals surface area contributed by atoms with Crippen LogP contribution in [-0.4, -0.2) is 54.3 Å². The van der Waals surface area contributed by atoms with Gasteiger partial charge in [-0.25, -0.2) is 5.01 Å². The van der Waals surface area contributed by atoms with Crippen molar-refractivity contribution < 1.29 is 4.79 Å². The van der Waals surface area contributed by atoms with E-state index in [1.54, 1.807) is 5.01 Å². The van der Waals surface area contributed by atoms with Crippen LogP contribution in [-0.2, 0) is 4.79 Å². The van der Waals surface area contributed by atoms with Gasteiger partial charge in [-0.2, -0.15) is 5.10 Å². The SMILES string of the molecule is O=C(CCN1CCN(c2ccccc2)CC1)N1N=C(c2ccc(Br)cc2)C[C@H]1c1ccc(Br)cc1. The van der Waals surface area contributed by atoms with Gasteiger partial charge < -0.3 is 4.90 Å². The number of piperazine rings is 1. The quantitative estimate of drug-likeness (QED) is 0.346. The molecule has 1 atom stereocenters. The van der Waals surface area contributed by atoms with Crippen LogP contribution in [0.4, 0.5) is 5.69 Å². The molecule has 35 heavy (non-hydrogen) atoms. The van der Waals surface area contributed by atoms with Crippen LogP contribution in [0.5, 0.6) is 0 Å². The first-order valence-corrected chi connectivity index (χ1v) is 13.6. The lowest BCUT2D eigenvalue weighted by atomic mass is 9.98. The first-order valence-electron chi connectivity index (χ1n) is 12.0. The number of amides is 1. The third-order valence-corrected chi connectivity index (χ3v) is 7.79. The molecule has 0 aliphatic carbocycles. The van der Waals surface area contributed by atoms with Gasteiger partial charge in [0.1, 0.15) is 0 Å². The van der Waals surface area contributed by atoms with Crippen molar-refractivity contribution in [3.05, 3.63) is 98.9 Å². The van der Waals surface area contributed by atoms with Crippen molar-refractivity contribution in [2.24, 2.45) is 5.10 Å². The summed E-state index contributed by atoms with van der Waals surface area (Å²) in [6, 6.07) is 26.8. The summed E-state index contributed by atoms with van der Waals surface area (Å²) in [6.07, 6.45) is 1.18. The molecule has 0 aromatic heterocycles. The monoisotopic (exact) mass is 594 g/mol. The van der Waals surface area contributed by atoms with Gasteiger partial charge in [0.2, 0.25) is 5.91 Å². The number of anilines is 1. The number of benzene rings is 3. The molecule has 1 saturated heterocycles. The van der Waals surface area contributed by atoms with Crippen molar-refractivity contribution in [2.75, 3.05) is 37.6 Å². The normalized spacial score (nSPS) is 18.6. The van der Waals surface area contributed by atoms with Gasteiger partial charge in [0.15, 0.2) is 0 Å². The smallest absolute Gasteiger partial charge is 0.244 e. The molecule has 0 spiro atoms. The maximum Gasteiger partial charge on any atom is 0.244 e. The van der Waals surface area contributed by atoms with Gasteiger partial charge in [-0.05, 0) is 47.5 Å². The Morgan fingerprint density at radius 3 is 2.11 bits per heavy atom. The van der Waals surface area contributed by atoms with Crippen molar-refractivity contribution in [1.29, 1.82) is 0 Å². The van der Waals surface area contributed by atoms with Gasteiger partial charge in [-0.1, -0.05) is 74.3 Å². The fraction of sp³-hybridized carbons (Fsp3) is 0.286. The Kier molecular flexibility index (Phi) is 7.66. The molecule has 1 fully saturated rings. The second-order valence-corrected chi connectivity index (χ2v) is 10.8. The molecule has 2 aliphatic rings. The number of hydrogen-bond acceptors (Lipinski definition) is 4. The summed E-state index contributed by atoms with van der Waals surface area (Å²) in [5.41, 5.74) is 4.39. The van der Waals surface area contributed by atoms with E-state index in [9.17, 15) is 4.79 Å². The average Bonchev–Trinajstić information content (AvgIpc) is 3.34. The second-order valence-electron chi connectivity index (χ2n) is 8.98. The van der Waals surface area contributed by atoms with Crippen molar-refractivity contribution in [3.8, 4) is 0 Å². The number of carbonyl (C=O) groups excluding carboxylic acids is 1. The predicted octanol–water partition coefficient (Wildman–Crippen LogP) is 6.10. The van der Waals surface area contributed by atoms with E-state index in [0.29, 0.717) is 12.8 Å². The lowest BCUT2D eigenvalue weighted by Crippen LogP contribution is -2.47. The molecule has 5 rings (SSSR count). The molecule has 0 saturated carbocycles. The summed E-state index contributed by atoms with van der Waals surface area (Å²) < 4.78 is 2.06. The van der Waals surface area contributed by atoms with E-state index in [2.05, 4.69) is 96.3 Å². The number of halogens is 2. The van der Waals surface area contributed by atoms with Crippen LogP contribution in [0, 0.1) is 0 Å². The van der Waals surface area contributed by atoms with Crippen LogP contribution in [0.15, 0.2) is 92.9 Å². The Bertz CT molecular complexity index is 1170. The molecule has 0 radical (unpaired) electrons. The summed E-state index contributed by atoms with van der Waals surface area (Å²) in [7, 11) is 0. The van der Waals surface area contributed by atoms with Crippen LogP contribution in [0.1, 0.15) is 30.0 Å². The Balaban J connectivity index is 1.25. The highest BCUT2D eigenvalue weighted by molar-refractivity contribution is 9.10. The fourth-order valence-corrected chi connectivity index (χ4v) is 5.27.